The van der Waals surface area contributed by atoms with Crippen LogP contribution in [-0.2, 0) is 25.7 Å². The molecule has 0 unspecified atom stereocenters. The Kier molecular flexibility index (Phi) is 9.19. The van der Waals surface area contributed by atoms with E-state index in [4.69, 9.17) is 9.47 Å². The van der Waals surface area contributed by atoms with E-state index in [1.54, 1.807) is 6.92 Å². The molecule has 0 aromatic heterocycles. The van der Waals surface area contributed by atoms with Gasteiger partial charge in [-0.2, -0.15) is 0 Å². The van der Waals surface area contributed by atoms with E-state index in [2.05, 4.69) is 10.6 Å². The minimum atomic E-state index is -0.848. The van der Waals surface area contributed by atoms with Crippen molar-refractivity contribution in [2.24, 2.45) is 5.92 Å². The van der Waals surface area contributed by atoms with Crippen molar-refractivity contribution in [2.45, 2.75) is 52.8 Å². The van der Waals surface area contributed by atoms with Crippen molar-refractivity contribution >= 4 is 18.0 Å². The Morgan fingerprint density at radius 2 is 1.65 bits per heavy atom. The molecule has 1 rings (SSSR count). The molecule has 7 nitrogen and oxygen atoms in total. The largest absolute Gasteiger partial charge is 0.464 e. The van der Waals surface area contributed by atoms with E-state index >= 15 is 0 Å². The molecule has 144 valence electrons. The van der Waals surface area contributed by atoms with Crippen molar-refractivity contribution in [3.05, 3.63) is 35.9 Å². The number of rotatable bonds is 9. The summed E-state index contributed by atoms with van der Waals surface area (Å²) in [5.74, 6) is -1.04. The Morgan fingerprint density at radius 1 is 1.00 bits per heavy atom. The first kappa shape index (κ1) is 21.5. The first-order valence-corrected chi connectivity index (χ1v) is 8.83. The highest BCUT2D eigenvalue weighted by Gasteiger charge is 2.29. The van der Waals surface area contributed by atoms with Crippen molar-refractivity contribution in [2.75, 3.05) is 6.61 Å². The minimum Gasteiger partial charge on any atom is -0.464 e. The molecular weight excluding hydrogens is 336 g/mol. The molecule has 0 aliphatic rings. The Bertz CT molecular complexity index is 591. The lowest BCUT2D eigenvalue weighted by atomic mass is 9.99. The van der Waals surface area contributed by atoms with E-state index in [1.165, 1.54) is 6.92 Å². The van der Waals surface area contributed by atoms with E-state index in [1.807, 2.05) is 44.2 Å². The van der Waals surface area contributed by atoms with Crippen LogP contribution in [0.2, 0.25) is 0 Å². The van der Waals surface area contributed by atoms with Crippen molar-refractivity contribution in [1.29, 1.82) is 0 Å². The van der Waals surface area contributed by atoms with Gasteiger partial charge in [-0.05, 0) is 25.3 Å². The van der Waals surface area contributed by atoms with Gasteiger partial charge in [0.1, 0.15) is 18.7 Å². The average molecular weight is 364 g/mol. The summed E-state index contributed by atoms with van der Waals surface area (Å²) in [6.07, 6.45) is -0.00208. The molecule has 2 amide bonds. The third-order valence-electron chi connectivity index (χ3n) is 3.99. The molecule has 0 radical (unpaired) electrons. The predicted octanol–water partition coefficient (Wildman–Crippen LogP) is 2.40. The van der Waals surface area contributed by atoms with Gasteiger partial charge >= 0.3 is 12.1 Å². The number of amides is 2. The van der Waals surface area contributed by atoms with E-state index in [-0.39, 0.29) is 19.1 Å². The zero-order valence-electron chi connectivity index (χ0n) is 15.8. The smallest absolute Gasteiger partial charge is 0.408 e. The number of carbonyl (C=O) groups excluding carboxylic acids is 3. The zero-order valence-corrected chi connectivity index (χ0v) is 15.8. The third-order valence-corrected chi connectivity index (χ3v) is 3.99. The summed E-state index contributed by atoms with van der Waals surface area (Å²) >= 11 is 0. The molecule has 7 heteroatoms. The van der Waals surface area contributed by atoms with Gasteiger partial charge in [0.25, 0.3) is 0 Å². The molecule has 1 aromatic carbocycles. The van der Waals surface area contributed by atoms with Crippen LogP contribution in [0, 0.1) is 5.92 Å². The third kappa shape index (κ3) is 7.13. The summed E-state index contributed by atoms with van der Waals surface area (Å²) < 4.78 is 10.1. The predicted molar refractivity (Wildman–Crippen MR) is 97.2 cm³/mol. The molecule has 1 aromatic rings. The van der Waals surface area contributed by atoms with Gasteiger partial charge in [0.2, 0.25) is 5.91 Å². The van der Waals surface area contributed by atoms with Gasteiger partial charge in [-0.3, -0.25) is 4.79 Å². The van der Waals surface area contributed by atoms with Crippen LogP contribution in [0.25, 0.3) is 0 Å². The summed E-state index contributed by atoms with van der Waals surface area (Å²) in [4.78, 5) is 36.2. The first-order chi connectivity index (χ1) is 12.4. The molecular formula is C19H28N2O5. The van der Waals surface area contributed by atoms with Crippen LogP contribution in [-0.4, -0.2) is 36.7 Å². The van der Waals surface area contributed by atoms with Gasteiger partial charge < -0.3 is 20.1 Å². The van der Waals surface area contributed by atoms with Crippen molar-refractivity contribution in [3.63, 3.8) is 0 Å². The maximum Gasteiger partial charge on any atom is 0.408 e. The highest BCUT2D eigenvalue weighted by atomic mass is 16.5. The Hall–Kier alpha value is -2.57. The fraction of sp³-hybridized carbons (Fsp3) is 0.526. The number of alkyl carbamates (subject to hydrolysis) is 1. The van der Waals surface area contributed by atoms with Crippen molar-refractivity contribution in [3.8, 4) is 0 Å². The fourth-order valence-electron chi connectivity index (χ4n) is 2.19. The normalized spacial score (nSPS) is 13.8. The second-order valence-electron chi connectivity index (χ2n) is 6.05. The summed E-state index contributed by atoms with van der Waals surface area (Å²) in [6.45, 7) is 7.36. The molecule has 0 aliphatic heterocycles. The zero-order chi connectivity index (χ0) is 19.5. The Balaban J connectivity index is 2.53. The molecule has 0 saturated carbocycles. The van der Waals surface area contributed by atoms with Crippen LogP contribution in [0.1, 0.15) is 39.7 Å². The minimum absolute atomic E-state index is 0.0877. The standard InChI is InChI=1S/C19H28N2O5/c1-5-13(3)16(18(23)25-6-2)21-17(22)14(4)20-19(24)26-12-15-10-8-7-9-11-15/h7-11,13-14,16H,5-6,12H2,1-4H3,(H,20,24)(H,21,22)/t13-,14-,16-/m0/s1. The quantitative estimate of drug-likeness (QED) is 0.656. The lowest BCUT2D eigenvalue weighted by Crippen LogP contribution is -2.52. The SMILES string of the molecule is CCOC(=O)[C@@H](NC(=O)[C@H](C)NC(=O)OCc1ccccc1)[C@@H](C)CC. The van der Waals surface area contributed by atoms with Crippen LogP contribution in [0.3, 0.4) is 0 Å². The maximum atomic E-state index is 12.3. The van der Waals surface area contributed by atoms with Crippen molar-refractivity contribution < 1.29 is 23.9 Å². The maximum absolute atomic E-state index is 12.3. The molecule has 0 bridgehead atoms. The highest BCUT2D eigenvalue weighted by molar-refractivity contribution is 5.89. The van der Waals surface area contributed by atoms with Crippen molar-refractivity contribution in [1.82, 2.24) is 10.6 Å². The lowest BCUT2D eigenvalue weighted by molar-refractivity contribution is -0.149. The number of esters is 1. The summed E-state index contributed by atoms with van der Waals surface area (Å²) in [5, 5.41) is 5.11. The van der Waals surface area contributed by atoms with Crippen LogP contribution < -0.4 is 10.6 Å². The molecule has 0 saturated heterocycles. The van der Waals surface area contributed by atoms with Gasteiger partial charge in [0.05, 0.1) is 6.61 Å². The Labute approximate surface area is 154 Å². The van der Waals surface area contributed by atoms with E-state index in [9.17, 15) is 14.4 Å². The second kappa shape index (κ2) is 11.1. The van der Waals surface area contributed by atoms with Crippen LogP contribution in [0.15, 0.2) is 30.3 Å². The number of ether oxygens (including phenoxy) is 2. The number of benzene rings is 1. The molecule has 0 aliphatic carbocycles. The van der Waals surface area contributed by atoms with Gasteiger partial charge in [-0.15, -0.1) is 0 Å². The monoisotopic (exact) mass is 364 g/mol. The molecule has 0 fully saturated rings. The number of carbonyl (C=O) groups is 3. The van der Waals surface area contributed by atoms with E-state index in [0.717, 1.165) is 5.56 Å². The van der Waals surface area contributed by atoms with Gasteiger partial charge in [-0.1, -0.05) is 50.6 Å². The number of nitrogens with one attached hydrogen (secondary N) is 2. The summed E-state index contributed by atoms with van der Waals surface area (Å²) in [7, 11) is 0. The van der Waals surface area contributed by atoms with Crippen LogP contribution in [0.4, 0.5) is 4.79 Å². The van der Waals surface area contributed by atoms with Gasteiger partial charge in [-0.25, -0.2) is 9.59 Å². The topological polar surface area (TPSA) is 93.7 Å². The van der Waals surface area contributed by atoms with E-state index < -0.39 is 30.1 Å². The van der Waals surface area contributed by atoms with Gasteiger partial charge in [0, 0.05) is 0 Å². The van der Waals surface area contributed by atoms with E-state index in [0.29, 0.717) is 6.42 Å². The second-order valence-corrected chi connectivity index (χ2v) is 6.05. The van der Waals surface area contributed by atoms with Gasteiger partial charge in [0.15, 0.2) is 0 Å². The molecule has 0 heterocycles. The molecule has 26 heavy (non-hydrogen) atoms. The molecule has 2 N–H and O–H groups in total. The fourth-order valence-corrected chi connectivity index (χ4v) is 2.19. The molecule has 3 atom stereocenters. The average Bonchev–Trinajstić information content (AvgIpc) is 2.64. The number of hydrogen-bond donors (Lipinski definition) is 2. The number of hydrogen-bond acceptors (Lipinski definition) is 5. The Morgan fingerprint density at radius 3 is 2.23 bits per heavy atom. The summed E-state index contributed by atoms with van der Waals surface area (Å²) in [5.41, 5.74) is 0.846. The lowest BCUT2D eigenvalue weighted by Gasteiger charge is -2.24. The molecule has 0 spiro atoms. The van der Waals surface area contributed by atoms with Crippen LogP contribution >= 0.6 is 0 Å². The highest BCUT2D eigenvalue weighted by Crippen LogP contribution is 2.10. The summed E-state index contributed by atoms with van der Waals surface area (Å²) in [6, 6.07) is 7.62. The first-order valence-electron chi connectivity index (χ1n) is 8.83. The van der Waals surface area contributed by atoms with Crippen LogP contribution in [0.5, 0.6) is 0 Å².